The number of hydrogen-bond donors (Lipinski definition) is 1. The van der Waals surface area contributed by atoms with E-state index in [1.165, 1.54) is 6.07 Å². The number of carboxylic acid groups (broad SMARTS) is 1. The van der Waals surface area contributed by atoms with Gasteiger partial charge in [-0.25, -0.2) is 4.79 Å². The first kappa shape index (κ1) is 14.3. The molecular weight excluding hydrogens is 254 g/mol. The summed E-state index contributed by atoms with van der Waals surface area (Å²) >= 11 is 0. The standard InChI is InChI=1S/C16H19NO3/c1-2-12-7-9-17(10-8-12)15(18)11-13-5-3-4-6-14(13)16(19)20/h2-6,12H,1,7-11H2,(H,19,20). The molecule has 1 aliphatic rings. The van der Waals surface area contributed by atoms with Crippen LogP contribution < -0.4 is 0 Å². The summed E-state index contributed by atoms with van der Waals surface area (Å²) in [6, 6.07) is 6.68. The van der Waals surface area contributed by atoms with E-state index in [-0.39, 0.29) is 17.9 Å². The Hall–Kier alpha value is -2.10. The predicted molar refractivity (Wildman–Crippen MR) is 76.6 cm³/mol. The average molecular weight is 273 g/mol. The Balaban J connectivity index is 2.02. The van der Waals surface area contributed by atoms with E-state index in [1.54, 1.807) is 18.2 Å². The Morgan fingerprint density at radius 3 is 2.55 bits per heavy atom. The van der Waals surface area contributed by atoms with Crippen LogP contribution in [0.25, 0.3) is 0 Å². The fourth-order valence-corrected chi connectivity index (χ4v) is 2.54. The lowest BCUT2D eigenvalue weighted by atomic mass is 9.96. The Morgan fingerprint density at radius 1 is 1.30 bits per heavy atom. The van der Waals surface area contributed by atoms with E-state index in [0.717, 1.165) is 25.9 Å². The molecule has 0 bridgehead atoms. The van der Waals surface area contributed by atoms with Crippen molar-refractivity contribution in [3.8, 4) is 0 Å². The minimum absolute atomic E-state index is 0.00112. The number of nitrogens with zero attached hydrogens (tertiary/aromatic N) is 1. The fourth-order valence-electron chi connectivity index (χ4n) is 2.54. The summed E-state index contributed by atoms with van der Waals surface area (Å²) in [6.07, 6.45) is 3.98. The number of rotatable bonds is 4. The molecule has 20 heavy (non-hydrogen) atoms. The van der Waals surface area contributed by atoms with Gasteiger partial charge >= 0.3 is 5.97 Å². The highest BCUT2D eigenvalue weighted by atomic mass is 16.4. The molecule has 1 fully saturated rings. The molecule has 1 N–H and O–H groups in total. The Kier molecular flexibility index (Phi) is 4.56. The van der Waals surface area contributed by atoms with Crippen LogP contribution in [0.2, 0.25) is 0 Å². The maximum absolute atomic E-state index is 12.2. The lowest BCUT2D eigenvalue weighted by molar-refractivity contribution is -0.131. The quantitative estimate of drug-likeness (QED) is 0.857. The normalized spacial score (nSPS) is 15.9. The number of hydrogen-bond acceptors (Lipinski definition) is 2. The summed E-state index contributed by atoms with van der Waals surface area (Å²) in [6.45, 7) is 5.24. The van der Waals surface area contributed by atoms with Crippen LogP contribution in [0.5, 0.6) is 0 Å². The maximum atomic E-state index is 12.2. The number of aromatic carboxylic acids is 1. The average Bonchev–Trinajstić information content (AvgIpc) is 2.47. The molecule has 0 saturated carbocycles. The number of amides is 1. The third kappa shape index (κ3) is 3.26. The highest BCUT2D eigenvalue weighted by molar-refractivity contribution is 5.91. The molecule has 0 unspecified atom stereocenters. The van der Waals surface area contributed by atoms with Crippen molar-refractivity contribution >= 4 is 11.9 Å². The number of piperidine rings is 1. The summed E-state index contributed by atoms with van der Waals surface area (Å²) in [4.78, 5) is 25.2. The summed E-state index contributed by atoms with van der Waals surface area (Å²) in [5, 5.41) is 9.12. The van der Waals surface area contributed by atoms with E-state index in [0.29, 0.717) is 11.5 Å². The van der Waals surface area contributed by atoms with Crippen molar-refractivity contribution in [3.63, 3.8) is 0 Å². The van der Waals surface area contributed by atoms with Gasteiger partial charge < -0.3 is 10.0 Å². The van der Waals surface area contributed by atoms with Gasteiger partial charge in [-0.15, -0.1) is 6.58 Å². The SMILES string of the molecule is C=CC1CCN(C(=O)Cc2ccccc2C(=O)O)CC1. The lowest BCUT2D eigenvalue weighted by Gasteiger charge is -2.30. The van der Waals surface area contributed by atoms with Crippen molar-refractivity contribution in [2.24, 2.45) is 5.92 Å². The van der Waals surface area contributed by atoms with Crippen LogP contribution >= 0.6 is 0 Å². The highest BCUT2D eigenvalue weighted by Gasteiger charge is 2.22. The van der Waals surface area contributed by atoms with Crippen LogP contribution in [0, 0.1) is 5.92 Å². The van der Waals surface area contributed by atoms with Crippen molar-refractivity contribution in [1.82, 2.24) is 4.90 Å². The summed E-state index contributed by atoms with van der Waals surface area (Å²) < 4.78 is 0. The first-order valence-corrected chi connectivity index (χ1v) is 6.83. The number of benzene rings is 1. The zero-order chi connectivity index (χ0) is 14.5. The van der Waals surface area contributed by atoms with E-state index < -0.39 is 5.97 Å². The van der Waals surface area contributed by atoms with Crippen molar-refractivity contribution in [2.45, 2.75) is 19.3 Å². The molecule has 0 aliphatic carbocycles. The van der Waals surface area contributed by atoms with Gasteiger partial charge in [0.15, 0.2) is 0 Å². The molecule has 2 rings (SSSR count). The van der Waals surface area contributed by atoms with Gasteiger partial charge in [0.25, 0.3) is 0 Å². The van der Waals surface area contributed by atoms with Crippen molar-refractivity contribution in [3.05, 3.63) is 48.0 Å². The Labute approximate surface area is 118 Å². The molecule has 1 amide bonds. The van der Waals surface area contributed by atoms with Crippen LogP contribution in [0.1, 0.15) is 28.8 Å². The number of carbonyl (C=O) groups excluding carboxylic acids is 1. The van der Waals surface area contributed by atoms with Gasteiger partial charge in [-0.1, -0.05) is 24.3 Å². The Bertz CT molecular complexity index is 516. The number of carbonyl (C=O) groups is 2. The first-order chi connectivity index (χ1) is 9.61. The van der Waals surface area contributed by atoms with Gasteiger partial charge in [0.1, 0.15) is 0 Å². The van der Waals surface area contributed by atoms with E-state index in [2.05, 4.69) is 6.58 Å². The van der Waals surface area contributed by atoms with Gasteiger partial charge in [-0.2, -0.15) is 0 Å². The molecule has 1 aliphatic heterocycles. The van der Waals surface area contributed by atoms with Crippen LogP contribution in [0.3, 0.4) is 0 Å². The molecule has 1 aromatic rings. The molecule has 4 heteroatoms. The molecule has 0 aromatic heterocycles. The molecule has 0 spiro atoms. The molecule has 0 radical (unpaired) electrons. The van der Waals surface area contributed by atoms with Gasteiger partial charge in [0.05, 0.1) is 12.0 Å². The van der Waals surface area contributed by atoms with Crippen LogP contribution in [0.15, 0.2) is 36.9 Å². The highest BCUT2D eigenvalue weighted by Crippen LogP contribution is 2.19. The molecule has 1 aromatic carbocycles. The third-order valence-electron chi connectivity index (χ3n) is 3.82. The predicted octanol–water partition coefficient (Wildman–Crippen LogP) is 2.35. The third-order valence-corrected chi connectivity index (χ3v) is 3.82. The fraction of sp³-hybridized carbons (Fsp3) is 0.375. The van der Waals surface area contributed by atoms with E-state index >= 15 is 0 Å². The van der Waals surface area contributed by atoms with Crippen molar-refractivity contribution < 1.29 is 14.7 Å². The van der Waals surface area contributed by atoms with Crippen LogP contribution in [-0.4, -0.2) is 35.0 Å². The maximum Gasteiger partial charge on any atom is 0.335 e. The van der Waals surface area contributed by atoms with Crippen LogP contribution in [0.4, 0.5) is 0 Å². The molecule has 1 heterocycles. The zero-order valence-corrected chi connectivity index (χ0v) is 11.4. The molecule has 4 nitrogen and oxygen atoms in total. The summed E-state index contributed by atoms with van der Waals surface area (Å²) in [7, 11) is 0. The van der Waals surface area contributed by atoms with Gasteiger partial charge in [-0.05, 0) is 30.4 Å². The Morgan fingerprint density at radius 2 is 1.95 bits per heavy atom. The monoisotopic (exact) mass is 273 g/mol. The first-order valence-electron chi connectivity index (χ1n) is 6.83. The minimum atomic E-state index is -0.987. The second kappa shape index (κ2) is 6.37. The second-order valence-corrected chi connectivity index (χ2v) is 5.09. The van der Waals surface area contributed by atoms with Crippen molar-refractivity contribution in [1.29, 1.82) is 0 Å². The van der Waals surface area contributed by atoms with Gasteiger partial charge in [0.2, 0.25) is 5.91 Å². The van der Waals surface area contributed by atoms with Crippen LogP contribution in [-0.2, 0) is 11.2 Å². The summed E-state index contributed by atoms with van der Waals surface area (Å²) in [5.41, 5.74) is 0.790. The minimum Gasteiger partial charge on any atom is -0.478 e. The van der Waals surface area contributed by atoms with E-state index in [1.807, 2.05) is 11.0 Å². The zero-order valence-electron chi connectivity index (χ0n) is 11.4. The van der Waals surface area contributed by atoms with Gasteiger partial charge in [-0.3, -0.25) is 4.79 Å². The molecule has 1 saturated heterocycles. The largest absolute Gasteiger partial charge is 0.478 e. The molecular formula is C16H19NO3. The number of likely N-dealkylation sites (tertiary alicyclic amines) is 1. The topological polar surface area (TPSA) is 57.6 Å². The summed E-state index contributed by atoms with van der Waals surface area (Å²) in [5.74, 6) is -0.495. The lowest BCUT2D eigenvalue weighted by Crippen LogP contribution is -2.39. The van der Waals surface area contributed by atoms with Crippen molar-refractivity contribution in [2.75, 3.05) is 13.1 Å². The van der Waals surface area contributed by atoms with E-state index in [9.17, 15) is 9.59 Å². The smallest absolute Gasteiger partial charge is 0.335 e. The van der Waals surface area contributed by atoms with E-state index in [4.69, 9.17) is 5.11 Å². The number of allylic oxidation sites excluding steroid dienone is 1. The second-order valence-electron chi connectivity index (χ2n) is 5.09. The molecule has 0 atom stereocenters. The number of carboxylic acids is 1. The molecule has 106 valence electrons. The van der Waals surface area contributed by atoms with Gasteiger partial charge in [0, 0.05) is 13.1 Å².